The van der Waals surface area contributed by atoms with Crippen LogP contribution >= 0.6 is 0 Å². The largest absolute Gasteiger partial charge is 0.103 e. The summed E-state index contributed by atoms with van der Waals surface area (Å²) < 4.78 is 0. The van der Waals surface area contributed by atoms with Gasteiger partial charge in [-0.3, -0.25) is 0 Å². The van der Waals surface area contributed by atoms with Gasteiger partial charge in [-0.25, -0.2) is 0 Å². The Morgan fingerprint density at radius 3 is 2.29 bits per heavy atom. The zero-order valence-corrected chi connectivity index (χ0v) is 5.41. The van der Waals surface area contributed by atoms with Gasteiger partial charge in [0.1, 0.15) is 0 Å². The van der Waals surface area contributed by atoms with Gasteiger partial charge in [0, 0.05) is 18.9 Å². The third-order valence-corrected chi connectivity index (χ3v) is 0.762. The minimum absolute atomic E-state index is 0. The first-order valence-electron chi connectivity index (χ1n) is 2.52. The van der Waals surface area contributed by atoms with Gasteiger partial charge >= 0.3 is 0 Å². The zero-order valence-electron chi connectivity index (χ0n) is 5.41. The number of hydrogen-bond donors (Lipinski definition) is 0. The van der Waals surface area contributed by atoms with Crippen LogP contribution in [0.25, 0.3) is 0 Å². The van der Waals surface area contributed by atoms with E-state index in [9.17, 15) is 0 Å². The van der Waals surface area contributed by atoms with E-state index in [-0.39, 0.29) is 18.9 Å². The number of hydrogen-bond acceptors (Lipinski definition) is 0. The van der Waals surface area contributed by atoms with E-state index < -0.39 is 0 Å². The smallest absolute Gasteiger partial charge is 0 e. The maximum Gasteiger partial charge on any atom is 0 e. The fraction of sp³-hybridized carbons (Fsp3) is 0.667. The van der Waals surface area contributed by atoms with Crippen molar-refractivity contribution in [2.45, 2.75) is 26.2 Å². The van der Waals surface area contributed by atoms with Crippen LogP contribution in [-0.4, -0.2) is 18.9 Å². The predicted molar refractivity (Wildman–Crippen MR) is 35.5 cm³/mol. The third kappa shape index (κ3) is 10.7. The Hall–Kier alpha value is 0.337. The Morgan fingerprint density at radius 2 is 2.14 bits per heavy atom. The van der Waals surface area contributed by atoms with Gasteiger partial charge in [0.25, 0.3) is 0 Å². The molecule has 0 aliphatic rings. The molecule has 0 saturated carbocycles. The van der Waals surface area contributed by atoms with Crippen molar-refractivity contribution < 1.29 is 0 Å². The van der Waals surface area contributed by atoms with Crippen molar-refractivity contribution in [3.8, 4) is 0 Å². The van der Waals surface area contributed by atoms with E-state index in [1.54, 1.807) is 0 Å². The normalized spacial score (nSPS) is 7.00. The molecule has 0 N–H and O–H groups in total. The zero-order chi connectivity index (χ0) is 4.83. The fourth-order valence-corrected chi connectivity index (χ4v) is 0.348. The molecule has 0 aromatic rings. The van der Waals surface area contributed by atoms with Gasteiger partial charge in [-0.05, 0) is 6.42 Å². The molecular weight excluding hydrogens is 79.0 g/mol. The van der Waals surface area contributed by atoms with Gasteiger partial charge in [-0.1, -0.05) is 25.8 Å². The van der Waals surface area contributed by atoms with Crippen LogP contribution in [0.3, 0.4) is 0 Å². The summed E-state index contributed by atoms with van der Waals surface area (Å²) in [6.45, 7) is 5.78. The average Bonchev–Trinajstić information content (AvgIpc) is 1.61. The SMILES string of the molecule is C=CCCCC.[Li]. The van der Waals surface area contributed by atoms with Gasteiger partial charge in [0.05, 0.1) is 0 Å². The van der Waals surface area contributed by atoms with Crippen LogP contribution in [-0.2, 0) is 0 Å². The van der Waals surface area contributed by atoms with Crippen LogP contribution in [0.15, 0.2) is 12.7 Å². The second-order valence-electron chi connectivity index (χ2n) is 1.43. The van der Waals surface area contributed by atoms with Crippen molar-refractivity contribution in [3.05, 3.63) is 12.7 Å². The Morgan fingerprint density at radius 1 is 1.57 bits per heavy atom. The first-order valence-corrected chi connectivity index (χ1v) is 2.52. The van der Waals surface area contributed by atoms with Crippen LogP contribution in [0.2, 0.25) is 0 Å². The minimum Gasteiger partial charge on any atom is -0.103 e. The molecule has 0 amide bonds. The summed E-state index contributed by atoms with van der Waals surface area (Å²) in [4.78, 5) is 0. The minimum atomic E-state index is 0. The van der Waals surface area contributed by atoms with E-state index >= 15 is 0 Å². The number of unbranched alkanes of at least 4 members (excludes halogenated alkanes) is 2. The van der Waals surface area contributed by atoms with Gasteiger partial charge in [-0.2, -0.15) is 0 Å². The summed E-state index contributed by atoms with van der Waals surface area (Å²) in [5.74, 6) is 0. The molecule has 1 radical (unpaired) electrons. The molecule has 0 atom stereocenters. The molecule has 0 aliphatic heterocycles. The van der Waals surface area contributed by atoms with Gasteiger partial charge in [-0.15, -0.1) is 6.58 Å². The molecule has 0 aliphatic carbocycles. The van der Waals surface area contributed by atoms with Crippen LogP contribution < -0.4 is 0 Å². The first kappa shape index (κ1) is 10.3. The van der Waals surface area contributed by atoms with Crippen LogP contribution in [0.4, 0.5) is 0 Å². The Bertz CT molecular complexity index is 33.2. The van der Waals surface area contributed by atoms with Crippen LogP contribution in [0.1, 0.15) is 26.2 Å². The maximum absolute atomic E-state index is 3.60. The Labute approximate surface area is 58.2 Å². The van der Waals surface area contributed by atoms with E-state index in [4.69, 9.17) is 0 Å². The van der Waals surface area contributed by atoms with Gasteiger partial charge in [0.2, 0.25) is 0 Å². The van der Waals surface area contributed by atoms with Crippen LogP contribution in [0, 0.1) is 0 Å². The summed E-state index contributed by atoms with van der Waals surface area (Å²) in [5.41, 5.74) is 0. The van der Waals surface area contributed by atoms with E-state index in [0.29, 0.717) is 0 Å². The molecule has 0 nitrogen and oxygen atoms in total. The van der Waals surface area contributed by atoms with Crippen molar-refractivity contribution >= 4 is 18.9 Å². The number of allylic oxidation sites excluding steroid dienone is 1. The molecule has 0 heterocycles. The summed E-state index contributed by atoms with van der Waals surface area (Å²) in [6.07, 6.45) is 5.72. The van der Waals surface area contributed by atoms with Crippen molar-refractivity contribution in [2.75, 3.05) is 0 Å². The van der Waals surface area contributed by atoms with Crippen LogP contribution in [0.5, 0.6) is 0 Å². The summed E-state index contributed by atoms with van der Waals surface area (Å²) in [7, 11) is 0. The maximum atomic E-state index is 3.60. The summed E-state index contributed by atoms with van der Waals surface area (Å²) in [6, 6.07) is 0. The molecular formula is C6H12Li. The van der Waals surface area contributed by atoms with Crippen molar-refractivity contribution in [3.63, 3.8) is 0 Å². The van der Waals surface area contributed by atoms with Gasteiger partial charge in [0.15, 0.2) is 0 Å². The molecule has 0 aromatic heterocycles. The first-order chi connectivity index (χ1) is 2.91. The fourth-order valence-electron chi connectivity index (χ4n) is 0.348. The molecule has 0 bridgehead atoms. The standard InChI is InChI=1S/C6H12.Li/c1-3-5-6-4-2;/h3H,1,4-6H2,2H3;. The van der Waals surface area contributed by atoms with E-state index in [1.807, 2.05) is 6.08 Å². The second-order valence-corrected chi connectivity index (χ2v) is 1.43. The Balaban J connectivity index is 0. The molecule has 0 fully saturated rings. The summed E-state index contributed by atoms with van der Waals surface area (Å²) in [5, 5.41) is 0. The molecule has 1 heteroatoms. The van der Waals surface area contributed by atoms with Crippen molar-refractivity contribution in [2.24, 2.45) is 0 Å². The Kier molecular flexibility index (Phi) is 14.2. The van der Waals surface area contributed by atoms with Crippen molar-refractivity contribution in [1.82, 2.24) is 0 Å². The van der Waals surface area contributed by atoms with E-state index in [0.717, 1.165) is 0 Å². The van der Waals surface area contributed by atoms with Crippen molar-refractivity contribution in [1.29, 1.82) is 0 Å². The molecule has 0 rings (SSSR count). The topological polar surface area (TPSA) is 0 Å². The number of rotatable bonds is 3. The molecule has 37 valence electrons. The molecule has 0 unspecified atom stereocenters. The van der Waals surface area contributed by atoms with E-state index in [2.05, 4.69) is 13.5 Å². The average molecular weight is 91.1 g/mol. The monoisotopic (exact) mass is 91.1 g/mol. The molecule has 0 spiro atoms. The third-order valence-electron chi connectivity index (χ3n) is 0.762. The second kappa shape index (κ2) is 9.60. The van der Waals surface area contributed by atoms with Gasteiger partial charge < -0.3 is 0 Å². The van der Waals surface area contributed by atoms with E-state index in [1.165, 1.54) is 19.3 Å². The molecule has 7 heavy (non-hydrogen) atoms. The molecule has 0 aromatic carbocycles. The summed E-state index contributed by atoms with van der Waals surface area (Å²) >= 11 is 0. The molecule has 0 saturated heterocycles. The predicted octanol–water partition coefficient (Wildman–Crippen LogP) is 1.98. The quantitative estimate of drug-likeness (QED) is 0.283.